The van der Waals surface area contributed by atoms with Crippen LogP contribution in [0.2, 0.25) is 0 Å². The Kier molecular flexibility index (Phi) is 5.05. The lowest BCUT2D eigenvalue weighted by molar-refractivity contribution is -0.146. The number of carbonyl (C=O) groups excluding carboxylic acids is 3. The minimum Gasteiger partial charge on any atom is -0.494 e. The van der Waals surface area contributed by atoms with Crippen LogP contribution < -0.4 is 10.1 Å². The Morgan fingerprint density at radius 2 is 1.59 bits per heavy atom. The number of benzene rings is 2. The van der Waals surface area contributed by atoms with E-state index in [4.69, 9.17) is 4.74 Å². The molecule has 0 aromatic heterocycles. The van der Waals surface area contributed by atoms with Gasteiger partial charge in [-0.25, -0.2) is 0 Å². The molecule has 2 aromatic rings. The van der Waals surface area contributed by atoms with Crippen molar-refractivity contribution in [1.82, 2.24) is 4.90 Å². The van der Waals surface area contributed by atoms with E-state index in [0.717, 1.165) is 17.7 Å². The number of imide groups is 1. The number of nitrogens with zero attached hydrogens (tertiary/aromatic N) is 1. The second-order valence-electron chi connectivity index (χ2n) is 9.85. The fraction of sp³-hybridized carbons (Fsp3) is 0.393. The van der Waals surface area contributed by atoms with E-state index < -0.39 is 6.04 Å². The first-order valence-electron chi connectivity index (χ1n) is 12.2. The highest BCUT2D eigenvalue weighted by atomic mass is 16.5. The van der Waals surface area contributed by atoms with Crippen molar-refractivity contribution in [3.8, 4) is 5.75 Å². The molecule has 3 amide bonds. The van der Waals surface area contributed by atoms with E-state index in [1.54, 1.807) is 24.3 Å². The second-order valence-corrected chi connectivity index (χ2v) is 9.85. The van der Waals surface area contributed by atoms with Gasteiger partial charge in [0.15, 0.2) is 0 Å². The van der Waals surface area contributed by atoms with Crippen molar-refractivity contribution in [3.05, 3.63) is 72.3 Å². The third kappa shape index (κ3) is 3.35. The van der Waals surface area contributed by atoms with Crippen LogP contribution in [0, 0.1) is 35.5 Å². The van der Waals surface area contributed by atoms with Gasteiger partial charge in [0, 0.05) is 12.1 Å². The van der Waals surface area contributed by atoms with Crippen LogP contribution in [0.15, 0.2) is 66.7 Å². The maximum absolute atomic E-state index is 13.7. The Labute approximate surface area is 199 Å². The molecule has 0 radical (unpaired) electrons. The first kappa shape index (κ1) is 21.1. The second kappa shape index (κ2) is 8.12. The van der Waals surface area contributed by atoms with Crippen LogP contribution in [0.4, 0.5) is 5.69 Å². The Morgan fingerprint density at radius 3 is 2.18 bits per heavy atom. The number of carbonyl (C=O) groups is 3. The van der Waals surface area contributed by atoms with Crippen LogP contribution in [0.5, 0.6) is 5.75 Å². The number of anilines is 1. The van der Waals surface area contributed by atoms with E-state index in [1.165, 1.54) is 4.90 Å². The van der Waals surface area contributed by atoms with Crippen molar-refractivity contribution in [3.63, 3.8) is 0 Å². The molecule has 4 aliphatic carbocycles. The van der Waals surface area contributed by atoms with Crippen molar-refractivity contribution in [1.29, 1.82) is 0 Å². The van der Waals surface area contributed by atoms with Gasteiger partial charge in [-0.05, 0) is 66.8 Å². The van der Waals surface area contributed by atoms with Crippen molar-refractivity contribution in [2.45, 2.75) is 25.8 Å². The minimum atomic E-state index is -0.893. The number of hydrogen-bond donors (Lipinski definition) is 1. The lowest BCUT2D eigenvalue weighted by Gasteiger charge is -2.37. The summed E-state index contributed by atoms with van der Waals surface area (Å²) in [4.78, 5) is 42.2. The van der Waals surface area contributed by atoms with Crippen molar-refractivity contribution in [2.24, 2.45) is 35.5 Å². The molecule has 7 rings (SSSR count). The molecule has 1 aliphatic heterocycles. The van der Waals surface area contributed by atoms with Gasteiger partial charge < -0.3 is 10.1 Å². The standard InChI is InChI=1S/C28H28N2O4/c1-2-34-18-10-8-17(9-11-18)29-26(31)23(14-16-6-4-3-5-7-16)30-27(32)24-19-12-13-20(22-15-21(19)22)25(24)28(30)33/h3-13,19-25H,2,14-15H2,1H3,(H,29,31)/t19-,20-,21-,22+,23-,24+,25+/m0/s1. The number of ether oxygens (including phenoxy) is 1. The maximum Gasteiger partial charge on any atom is 0.248 e. The maximum atomic E-state index is 13.7. The highest BCUT2D eigenvalue weighted by molar-refractivity contribution is 6.10. The van der Waals surface area contributed by atoms with Crippen LogP contribution in [-0.2, 0) is 20.8 Å². The third-order valence-electron chi connectivity index (χ3n) is 8.02. The van der Waals surface area contributed by atoms with Crippen molar-refractivity contribution >= 4 is 23.4 Å². The Hall–Kier alpha value is -3.41. The molecule has 1 heterocycles. The molecule has 1 N–H and O–H groups in total. The van der Waals surface area contributed by atoms with Gasteiger partial charge in [-0.2, -0.15) is 0 Å². The molecule has 1 saturated heterocycles. The molecule has 5 aliphatic rings. The van der Waals surface area contributed by atoms with E-state index in [-0.39, 0.29) is 47.8 Å². The molecule has 2 saturated carbocycles. The lowest BCUT2D eigenvalue weighted by atomic mass is 9.63. The average Bonchev–Trinajstić information content (AvgIpc) is 3.63. The van der Waals surface area contributed by atoms with Gasteiger partial charge in [-0.3, -0.25) is 19.3 Å². The minimum absolute atomic E-state index is 0.132. The Balaban J connectivity index is 1.29. The van der Waals surface area contributed by atoms with Crippen molar-refractivity contribution < 1.29 is 19.1 Å². The largest absolute Gasteiger partial charge is 0.494 e. The third-order valence-corrected chi connectivity index (χ3v) is 8.02. The van der Waals surface area contributed by atoms with Crippen LogP contribution in [0.25, 0.3) is 0 Å². The van der Waals surface area contributed by atoms with Gasteiger partial charge >= 0.3 is 0 Å². The van der Waals surface area contributed by atoms with Crippen LogP contribution in [0.3, 0.4) is 0 Å². The SMILES string of the molecule is CCOc1ccc(NC(=O)[C@H](Cc2ccccc2)N2C(=O)[C@@H]3[C@H]4C=C[C@@H]([C@@H]5C[C@H]45)[C@H]3C2=O)cc1. The zero-order valence-electron chi connectivity index (χ0n) is 19.1. The zero-order chi connectivity index (χ0) is 23.4. The summed E-state index contributed by atoms with van der Waals surface area (Å²) in [6, 6.07) is 15.8. The predicted octanol–water partition coefficient (Wildman–Crippen LogP) is 3.69. The van der Waals surface area contributed by atoms with Crippen LogP contribution in [0.1, 0.15) is 18.9 Å². The smallest absolute Gasteiger partial charge is 0.248 e. The molecule has 2 aromatic carbocycles. The number of rotatable bonds is 7. The molecule has 3 fully saturated rings. The van der Waals surface area contributed by atoms with Gasteiger partial charge in [-0.1, -0.05) is 42.5 Å². The van der Waals surface area contributed by atoms with Gasteiger partial charge in [0.05, 0.1) is 18.4 Å². The summed E-state index contributed by atoms with van der Waals surface area (Å²) >= 11 is 0. The highest BCUT2D eigenvalue weighted by Crippen LogP contribution is 2.65. The van der Waals surface area contributed by atoms with E-state index in [2.05, 4.69) is 17.5 Å². The average molecular weight is 457 g/mol. The summed E-state index contributed by atoms with van der Waals surface area (Å²) in [6.07, 6.45) is 5.71. The number of hydrogen-bond acceptors (Lipinski definition) is 4. The normalized spacial score (nSPS) is 31.1. The molecule has 7 atom stereocenters. The van der Waals surface area contributed by atoms with Crippen LogP contribution in [-0.4, -0.2) is 35.3 Å². The van der Waals surface area contributed by atoms with Crippen LogP contribution >= 0.6 is 0 Å². The van der Waals surface area contributed by atoms with Gasteiger partial charge in [0.25, 0.3) is 0 Å². The molecule has 0 spiro atoms. The predicted molar refractivity (Wildman–Crippen MR) is 127 cm³/mol. The van der Waals surface area contributed by atoms with E-state index in [9.17, 15) is 14.4 Å². The topological polar surface area (TPSA) is 75.7 Å². The molecule has 6 nitrogen and oxygen atoms in total. The van der Waals surface area contributed by atoms with Gasteiger partial charge in [0.1, 0.15) is 11.8 Å². The molecule has 6 heteroatoms. The first-order chi connectivity index (χ1) is 16.6. The highest BCUT2D eigenvalue weighted by Gasteiger charge is 2.67. The molecule has 0 unspecified atom stereocenters. The Morgan fingerprint density at radius 1 is 0.971 bits per heavy atom. The molecular weight excluding hydrogens is 428 g/mol. The van der Waals surface area contributed by atoms with Gasteiger partial charge in [0.2, 0.25) is 17.7 Å². The summed E-state index contributed by atoms with van der Waals surface area (Å²) in [5.74, 6) is 0.698. The summed E-state index contributed by atoms with van der Waals surface area (Å²) in [7, 11) is 0. The summed E-state index contributed by atoms with van der Waals surface area (Å²) < 4.78 is 5.48. The number of likely N-dealkylation sites (tertiary alicyclic amines) is 1. The quantitative estimate of drug-likeness (QED) is 0.509. The number of amides is 3. The number of allylic oxidation sites excluding steroid dienone is 2. The van der Waals surface area contributed by atoms with E-state index in [0.29, 0.717) is 24.1 Å². The molecular formula is C28H28N2O4. The number of nitrogens with one attached hydrogen (secondary N) is 1. The molecule has 174 valence electrons. The Bertz CT molecular complexity index is 1120. The summed E-state index contributed by atoms with van der Waals surface area (Å²) in [5.41, 5.74) is 1.51. The zero-order valence-corrected chi connectivity index (χ0v) is 19.1. The first-order valence-corrected chi connectivity index (χ1v) is 12.2. The lowest BCUT2D eigenvalue weighted by Crippen LogP contribution is -2.49. The van der Waals surface area contributed by atoms with Crippen molar-refractivity contribution in [2.75, 3.05) is 11.9 Å². The molecule has 34 heavy (non-hydrogen) atoms. The van der Waals surface area contributed by atoms with Gasteiger partial charge in [-0.15, -0.1) is 0 Å². The van der Waals surface area contributed by atoms with E-state index in [1.807, 2.05) is 37.3 Å². The fourth-order valence-electron chi connectivity index (χ4n) is 6.45. The summed E-state index contributed by atoms with van der Waals surface area (Å²) in [5, 5.41) is 2.93. The summed E-state index contributed by atoms with van der Waals surface area (Å²) in [6.45, 7) is 2.47. The monoisotopic (exact) mass is 456 g/mol. The molecule has 2 bridgehead atoms. The van der Waals surface area contributed by atoms with E-state index >= 15 is 0 Å². The fourth-order valence-corrected chi connectivity index (χ4v) is 6.45.